The predicted octanol–water partition coefficient (Wildman–Crippen LogP) is 3.14. The quantitative estimate of drug-likeness (QED) is 0.691. The van der Waals surface area contributed by atoms with E-state index in [0.29, 0.717) is 0 Å². The molecule has 1 nitrogen and oxygen atoms in total. The van der Waals surface area contributed by atoms with Gasteiger partial charge in [-0.1, -0.05) is 36.2 Å². The van der Waals surface area contributed by atoms with Crippen LogP contribution in [0.2, 0.25) is 0 Å². The summed E-state index contributed by atoms with van der Waals surface area (Å²) in [6.07, 6.45) is 4.22. The van der Waals surface area contributed by atoms with Gasteiger partial charge in [-0.25, -0.2) is 0 Å². The van der Waals surface area contributed by atoms with Crippen molar-refractivity contribution in [2.75, 3.05) is 25.0 Å². The van der Waals surface area contributed by atoms with Crippen LogP contribution in [0.3, 0.4) is 0 Å². The maximum Gasteiger partial charge on any atom is 0.00692 e. The zero-order chi connectivity index (χ0) is 9.68. The van der Waals surface area contributed by atoms with Crippen LogP contribution in [0.15, 0.2) is 0 Å². The Bertz CT molecular complexity index is 130. The summed E-state index contributed by atoms with van der Waals surface area (Å²) in [6, 6.07) is 0. The maximum atomic E-state index is 3.54. The molecule has 1 heterocycles. The standard InChI is InChI=1S/C11H22BrN/c1-3-11-4-6-13(7-5-11)9-10(2)8-12/h10-11H,3-9H2,1-2H3. The lowest BCUT2D eigenvalue weighted by Gasteiger charge is -2.32. The Hall–Kier alpha value is 0.440. The summed E-state index contributed by atoms with van der Waals surface area (Å²) >= 11 is 3.54. The number of likely N-dealkylation sites (tertiary alicyclic amines) is 1. The predicted molar refractivity (Wildman–Crippen MR) is 62.4 cm³/mol. The second-order valence-electron chi connectivity index (χ2n) is 4.41. The minimum absolute atomic E-state index is 0.804. The number of nitrogens with zero attached hydrogens (tertiary/aromatic N) is 1. The zero-order valence-corrected chi connectivity index (χ0v) is 10.5. The molecule has 0 aromatic heterocycles. The first-order valence-electron chi connectivity index (χ1n) is 5.54. The smallest absolute Gasteiger partial charge is 0.00692 e. The highest BCUT2D eigenvalue weighted by Crippen LogP contribution is 2.20. The van der Waals surface area contributed by atoms with Gasteiger partial charge in [0.2, 0.25) is 0 Å². The van der Waals surface area contributed by atoms with Crippen molar-refractivity contribution in [3.05, 3.63) is 0 Å². The van der Waals surface area contributed by atoms with Crippen molar-refractivity contribution in [1.29, 1.82) is 0 Å². The highest BCUT2D eigenvalue weighted by molar-refractivity contribution is 9.09. The molecule has 0 spiro atoms. The monoisotopic (exact) mass is 247 g/mol. The Balaban J connectivity index is 2.17. The van der Waals surface area contributed by atoms with Gasteiger partial charge in [-0.3, -0.25) is 0 Å². The average Bonchev–Trinajstić information content (AvgIpc) is 2.19. The van der Waals surface area contributed by atoms with Crippen LogP contribution < -0.4 is 0 Å². The average molecular weight is 248 g/mol. The third-order valence-electron chi connectivity index (χ3n) is 3.12. The molecule has 0 bridgehead atoms. The number of hydrogen-bond acceptors (Lipinski definition) is 1. The third kappa shape index (κ3) is 3.99. The first kappa shape index (κ1) is 11.5. The molecule has 1 unspecified atom stereocenters. The van der Waals surface area contributed by atoms with E-state index < -0.39 is 0 Å². The topological polar surface area (TPSA) is 3.24 Å². The van der Waals surface area contributed by atoms with E-state index in [1.807, 2.05) is 0 Å². The van der Waals surface area contributed by atoms with Crippen molar-refractivity contribution in [2.45, 2.75) is 33.1 Å². The molecule has 1 aliphatic heterocycles. The van der Waals surface area contributed by atoms with Gasteiger partial charge < -0.3 is 4.90 Å². The van der Waals surface area contributed by atoms with Crippen LogP contribution in [0.1, 0.15) is 33.1 Å². The number of rotatable bonds is 4. The summed E-state index contributed by atoms with van der Waals surface area (Å²) in [5.74, 6) is 1.81. The molecule has 1 fully saturated rings. The molecular weight excluding hydrogens is 226 g/mol. The van der Waals surface area contributed by atoms with Crippen LogP contribution in [0.5, 0.6) is 0 Å². The molecule has 0 aliphatic carbocycles. The number of alkyl halides is 1. The first-order valence-corrected chi connectivity index (χ1v) is 6.66. The lowest BCUT2D eigenvalue weighted by Crippen LogP contribution is -2.36. The van der Waals surface area contributed by atoms with Crippen molar-refractivity contribution >= 4 is 15.9 Å². The van der Waals surface area contributed by atoms with Crippen molar-refractivity contribution < 1.29 is 0 Å². The SMILES string of the molecule is CCC1CCN(CC(C)CBr)CC1. The molecular formula is C11H22BrN. The van der Waals surface area contributed by atoms with Gasteiger partial charge in [0.15, 0.2) is 0 Å². The fourth-order valence-electron chi connectivity index (χ4n) is 2.07. The Kier molecular flexibility index (Phi) is 5.34. The largest absolute Gasteiger partial charge is 0.303 e. The van der Waals surface area contributed by atoms with Gasteiger partial charge in [-0.2, -0.15) is 0 Å². The van der Waals surface area contributed by atoms with Crippen LogP contribution in [0, 0.1) is 11.8 Å². The number of piperidine rings is 1. The molecule has 1 aliphatic rings. The second kappa shape index (κ2) is 6.02. The van der Waals surface area contributed by atoms with E-state index in [1.54, 1.807) is 0 Å². The molecule has 0 amide bonds. The lowest BCUT2D eigenvalue weighted by molar-refractivity contribution is 0.167. The van der Waals surface area contributed by atoms with Gasteiger partial charge in [-0.05, 0) is 37.8 Å². The number of hydrogen-bond donors (Lipinski definition) is 0. The minimum atomic E-state index is 0.804. The summed E-state index contributed by atoms with van der Waals surface area (Å²) in [7, 11) is 0. The summed E-state index contributed by atoms with van der Waals surface area (Å²) in [5, 5.41) is 1.14. The van der Waals surface area contributed by atoms with Gasteiger partial charge >= 0.3 is 0 Å². The highest BCUT2D eigenvalue weighted by Gasteiger charge is 2.18. The molecule has 0 radical (unpaired) electrons. The van der Waals surface area contributed by atoms with Crippen LogP contribution in [-0.4, -0.2) is 29.9 Å². The van der Waals surface area contributed by atoms with E-state index >= 15 is 0 Å². The van der Waals surface area contributed by atoms with Crippen molar-refractivity contribution in [3.8, 4) is 0 Å². The fraction of sp³-hybridized carbons (Fsp3) is 1.00. The minimum Gasteiger partial charge on any atom is -0.303 e. The van der Waals surface area contributed by atoms with Crippen LogP contribution >= 0.6 is 15.9 Å². The molecule has 1 atom stereocenters. The van der Waals surface area contributed by atoms with Gasteiger partial charge in [0.05, 0.1) is 0 Å². The third-order valence-corrected chi connectivity index (χ3v) is 4.22. The normalized spacial score (nSPS) is 23.3. The molecule has 0 N–H and O–H groups in total. The highest BCUT2D eigenvalue weighted by atomic mass is 79.9. The molecule has 13 heavy (non-hydrogen) atoms. The molecule has 0 aromatic rings. The van der Waals surface area contributed by atoms with Crippen molar-refractivity contribution in [2.24, 2.45) is 11.8 Å². The number of halogens is 1. The molecule has 1 saturated heterocycles. The van der Waals surface area contributed by atoms with E-state index in [0.717, 1.165) is 17.2 Å². The molecule has 78 valence electrons. The van der Waals surface area contributed by atoms with Gasteiger partial charge in [0.1, 0.15) is 0 Å². The van der Waals surface area contributed by atoms with Gasteiger partial charge in [0.25, 0.3) is 0 Å². The van der Waals surface area contributed by atoms with E-state index in [4.69, 9.17) is 0 Å². The summed E-state index contributed by atoms with van der Waals surface area (Å²) < 4.78 is 0. The van der Waals surface area contributed by atoms with Gasteiger partial charge in [0, 0.05) is 11.9 Å². The van der Waals surface area contributed by atoms with Gasteiger partial charge in [-0.15, -0.1) is 0 Å². The van der Waals surface area contributed by atoms with Crippen LogP contribution in [-0.2, 0) is 0 Å². The summed E-state index contributed by atoms with van der Waals surface area (Å²) in [6.45, 7) is 8.58. The van der Waals surface area contributed by atoms with E-state index in [-0.39, 0.29) is 0 Å². The molecule has 1 rings (SSSR count). The molecule has 2 heteroatoms. The maximum absolute atomic E-state index is 3.54. The second-order valence-corrected chi connectivity index (χ2v) is 5.06. The summed E-state index contributed by atoms with van der Waals surface area (Å²) in [4.78, 5) is 2.62. The van der Waals surface area contributed by atoms with Crippen molar-refractivity contribution in [1.82, 2.24) is 4.90 Å². The van der Waals surface area contributed by atoms with E-state index in [2.05, 4.69) is 34.7 Å². The lowest BCUT2D eigenvalue weighted by atomic mass is 9.94. The van der Waals surface area contributed by atoms with E-state index in [1.165, 1.54) is 38.9 Å². The Morgan fingerprint density at radius 3 is 2.46 bits per heavy atom. The molecule has 0 saturated carbocycles. The Labute approximate surface area is 91.0 Å². The Morgan fingerprint density at radius 1 is 1.38 bits per heavy atom. The Morgan fingerprint density at radius 2 is 2.00 bits per heavy atom. The molecule has 0 aromatic carbocycles. The summed E-state index contributed by atoms with van der Waals surface area (Å²) in [5.41, 5.74) is 0. The fourth-order valence-corrected chi connectivity index (χ4v) is 2.27. The van der Waals surface area contributed by atoms with Crippen LogP contribution in [0.4, 0.5) is 0 Å². The first-order chi connectivity index (χ1) is 6.26. The van der Waals surface area contributed by atoms with Crippen LogP contribution in [0.25, 0.3) is 0 Å². The zero-order valence-electron chi connectivity index (χ0n) is 8.93. The van der Waals surface area contributed by atoms with Crippen molar-refractivity contribution in [3.63, 3.8) is 0 Å². The van der Waals surface area contributed by atoms with E-state index in [9.17, 15) is 0 Å².